The van der Waals surface area contributed by atoms with Gasteiger partial charge >= 0.3 is 5.69 Å². The second kappa shape index (κ2) is 6.54. The quantitative estimate of drug-likeness (QED) is 0.697. The van der Waals surface area contributed by atoms with E-state index in [0.29, 0.717) is 22.9 Å². The van der Waals surface area contributed by atoms with Crippen molar-refractivity contribution >= 4 is 22.6 Å². The maximum Gasteiger partial charge on any atom is 0.329 e. The van der Waals surface area contributed by atoms with Gasteiger partial charge in [-0.05, 0) is 56.7 Å². The standard InChI is InChI=1S/C20H20ClN3O2/c1-20(2,3)24-16-7-5-13(11-22)10-17(16)23(19(24)25)12-14-6-8-18(26-4)15(21)9-14/h5-10H,12H2,1-4H3. The van der Waals surface area contributed by atoms with Crippen LogP contribution in [0.1, 0.15) is 31.9 Å². The molecule has 2 aromatic carbocycles. The monoisotopic (exact) mass is 369 g/mol. The molecular weight excluding hydrogens is 350 g/mol. The van der Waals surface area contributed by atoms with E-state index >= 15 is 0 Å². The van der Waals surface area contributed by atoms with Crippen molar-refractivity contribution in [3.05, 3.63) is 63.0 Å². The molecule has 0 saturated carbocycles. The number of aromatic nitrogens is 2. The summed E-state index contributed by atoms with van der Waals surface area (Å²) in [5.74, 6) is 0.589. The number of nitrogens with zero attached hydrogens (tertiary/aromatic N) is 3. The number of nitriles is 1. The lowest BCUT2D eigenvalue weighted by molar-refractivity contribution is 0.391. The number of hydrogen-bond acceptors (Lipinski definition) is 3. The molecule has 1 aromatic heterocycles. The van der Waals surface area contributed by atoms with E-state index < -0.39 is 0 Å². The molecule has 1 heterocycles. The number of benzene rings is 2. The number of fused-ring (bicyclic) bond motifs is 1. The SMILES string of the molecule is COc1ccc(Cn2c(=O)n(C(C)(C)C)c3ccc(C#N)cc32)cc1Cl. The lowest BCUT2D eigenvalue weighted by Gasteiger charge is -2.20. The molecule has 0 N–H and O–H groups in total. The summed E-state index contributed by atoms with van der Waals surface area (Å²) in [5.41, 5.74) is 2.44. The summed E-state index contributed by atoms with van der Waals surface area (Å²) in [6.45, 7) is 6.32. The molecule has 3 rings (SSSR count). The fourth-order valence-corrected chi connectivity index (χ4v) is 3.40. The summed E-state index contributed by atoms with van der Waals surface area (Å²) in [5, 5.41) is 9.73. The van der Waals surface area contributed by atoms with Crippen molar-refractivity contribution in [1.29, 1.82) is 5.26 Å². The van der Waals surface area contributed by atoms with Crippen LogP contribution in [0.2, 0.25) is 5.02 Å². The van der Waals surface area contributed by atoms with Gasteiger partial charge in [0.1, 0.15) is 5.75 Å². The van der Waals surface area contributed by atoms with E-state index in [-0.39, 0.29) is 11.2 Å². The first-order chi connectivity index (χ1) is 12.3. The summed E-state index contributed by atoms with van der Waals surface area (Å²) in [6, 6.07) is 12.9. The normalized spacial score (nSPS) is 11.5. The van der Waals surface area contributed by atoms with Crippen LogP contribution in [-0.4, -0.2) is 16.2 Å². The van der Waals surface area contributed by atoms with E-state index in [9.17, 15) is 10.1 Å². The van der Waals surface area contributed by atoms with Gasteiger partial charge in [-0.2, -0.15) is 5.26 Å². The van der Waals surface area contributed by atoms with Crippen LogP contribution in [0.25, 0.3) is 11.0 Å². The molecule has 0 aliphatic carbocycles. The molecule has 26 heavy (non-hydrogen) atoms. The van der Waals surface area contributed by atoms with Crippen LogP contribution in [-0.2, 0) is 12.1 Å². The Labute approximate surface area is 157 Å². The average Bonchev–Trinajstić information content (AvgIpc) is 2.86. The zero-order valence-corrected chi connectivity index (χ0v) is 16.0. The van der Waals surface area contributed by atoms with Gasteiger partial charge in [0.25, 0.3) is 0 Å². The molecule has 134 valence electrons. The minimum absolute atomic E-state index is 0.116. The largest absolute Gasteiger partial charge is 0.495 e. The van der Waals surface area contributed by atoms with Gasteiger partial charge in [0.05, 0.1) is 41.3 Å². The summed E-state index contributed by atoms with van der Waals surface area (Å²) in [4.78, 5) is 13.1. The number of methoxy groups -OCH3 is 1. The summed E-state index contributed by atoms with van der Waals surface area (Å²) >= 11 is 6.22. The Morgan fingerprint density at radius 1 is 1.15 bits per heavy atom. The van der Waals surface area contributed by atoms with Gasteiger partial charge < -0.3 is 4.74 Å². The van der Waals surface area contributed by atoms with Crippen LogP contribution in [0.5, 0.6) is 5.75 Å². The van der Waals surface area contributed by atoms with Crippen molar-refractivity contribution < 1.29 is 4.74 Å². The number of halogens is 1. The number of hydrogen-bond donors (Lipinski definition) is 0. The second-order valence-electron chi connectivity index (χ2n) is 7.16. The first kappa shape index (κ1) is 18.1. The minimum atomic E-state index is -0.383. The summed E-state index contributed by atoms with van der Waals surface area (Å²) in [7, 11) is 1.56. The van der Waals surface area contributed by atoms with E-state index in [4.69, 9.17) is 16.3 Å². The molecule has 0 unspecified atom stereocenters. The molecule has 0 atom stereocenters. The zero-order valence-electron chi connectivity index (χ0n) is 15.2. The third kappa shape index (κ3) is 3.09. The van der Waals surface area contributed by atoms with Gasteiger partial charge in [0.2, 0.25) is 0 Å². The molecule has 0 amide bonds. The van der Waals surface area contributed by atoms with Crippen molar-refractivity contribution in [2.45, 2.75) is 32.9 Å². The number of imidazole rings is 1. The molecule has 0 saturated heterocycles. The summed E-state index contributed by atoms with van der Waals surface area (Å²) in [6.07, 6.45) is 0. The molecule has 0 radical (unpaired) electrons. The molecule has 6 heteroatoms. The molecule has 5 nitrogen and oxygen atoms in total. The van der Waals surface area contributed by atoms with Crippen LogP contribution in [0.3, 0.4) is 0 Å². The number of rotatable bonds is 3. The van der Waals surface area contributed by atoms with Gasteiger partial charge in [-0.15, -0.1) is 0 Å². The Kier molecular flexibility index (Phi) is 4.55. The molecular formula is C20H20ClN3O2. The first-order valence-corrected chi connectivity index (χ1v) is 8.62. The third-order valence-corrected chi connectivity index (χ3v) is 4.58. The smallest absolute Gasteiger partial charge is 0.329 e. The van der Waals surface area contributed by atoms with Crippen molar-refractivity contribution in [3.8, 4) is 11.8 Å². The second-order valence-corrected chi connectivity index (χ2v) is 7.57. The Morgan fingerprint density at radius 3 is 2.46 bits per heavy atom. The highest BCUT2D eigenvalue weighted by Crippen LogP contribution is 2.27. The highest BCUT2D eigenvalue weighted by molar-refractivity contribution is 6.32. The van der Waals surface area contributed by atoms with Crippen LogP contribution < -0.4 is 10.4 Å². The highest BCUT2D eigenvalue weighted by atomic mass is 35.5. The Bertz CT molecular complexity index is 1080. The molecule has 0 aliphatic rings. The van der Waals surface area contributed by atoms with Crippen LogP contribution in [0, 0.1) is 11.3 Å². The van der Waals surface area contributed by atoms with Crippen molar-refractivity contribution in [3.63, 3.8) is 0 Å². The van der Waals surface area contributed by atoms with E-state index in [1.54, 1.807) is 40.5 Å². The Morgan fingerprint density at radius 2 is 1.88 bits per heavy atom. The van der Waals surface area contributed by atoms with Crippen molar-refractivity contribution in [2.24, 2.45) is 0 Å². The van der Waals surface area contributed by atoms with E-state index in [1.807, 2.05) is 32.9 Å². The third-order valence-electron chi connectivity index (χ3n) is 4.29. The molecule has 0 fully saturated rings. The van der Waals surface area contributed by atoms with Gasteiger partial charge in [-0.1, -0.05) is 17.7 Å². The van der Waals surface area contributed by atoms with Crippen molar-refractivity contribution in [2.75, 3.05) is 7.11 Å². The maximum atomic E-state index is 13.1. The van der Waals surface area contributed by atoms with E-state index in [0.717, 1.165) is 16.6 Å². The highest BCUT2D eigenvalue weighted by Gasteiger charge is 2.23. The van der Waals surface area contributed by atoms with Gasteiger partial charge in [-0.25, -0.2) is 4.79 Å². The summed E-state index contributed by atoms with van der Waals surface area (Å²) < 4.78 is 8.62. The predicted octanol–water partition coefficient (Wildman–Crippen LogP) is 4.14. The molecule has 0 spiro atoms. The van der Waals surface area contributed by atoms with E-state index in [2.05, 4.69) is 6.07 Å². The van der Waals surface area contributed by atoms with Crippen LogP contribution >= 0.6 is 11.6 Å². The van der Waals surface area contributed by atoms with Crippen LogP contribution in [0.15, 0.2) is 41.2 Å². The predicted molar refractivity (Wildman–Crippen MR) is 103 cm³/mol. The maximum absolute atomic E-state index is 13.1. The Balaban J connectivity index is 2.22. The van der Waals surface area contributed by atoms with Crippen LogP contribution in [0.4, 0.5) is 0 Å². The van der Waals surface area contributed by atoms with E-state index in [1.165, 1.54) is 0 Å². The minimum Gasteiger partial charge on any atom is -0.495 e. The average molecular weight is 370 g/mol. The Hall–Kier alpha value is -2.71. The molecule has 3 aromatic rings. The number of ether oxygens (including phenoxy) is 1. The van der Waals surface area contributed by atoms with Crippen molar-refractivity contribution in [1.82, 2.24) is 9.13 Å². The van der Waals surface area contributed by atoms with Gasteiger partial charge in [-0.3, -0.25) is 9.13 Å². The fourth-order valence-electron chi connectivity index (χ4n) is 3.12. The van der Waals surface area contributed by atoms with Gasteiger partial charge in [0.15, 0.2) is 0 Å². The molecule has 0 aliphatic heterocycles. The zero-order chi connectivity index (χ0) is 19.1. The fraction of sp³-hybridized carbons (Fsp3) is 0.300. The first-order valence-electron chi connectivity index (χ1n) is 8.24. The molecule has 0 bridgehead atoms. The topological polar surface area (TPSA) is 59.9 Å². The lowest BCUT2D eigenvalue weighted by Crippen LogP contribution is -2.34. The lowest BCUT2D eigenvalue weighted by atomic mass is 10.1. The van der Waals surface area contributed by atoms with Gasteiger partial charge in [0, 0.05) is 5.54 Å².